The molecule has 8 nitrogen and oxygen atoms in total. The molecule has 0 fully saturated rings. The van der Waals surface area contributed by atoms with Crippen molar-refractivity contribution in [2.45, 2.75) is 31.0 Å². The number of fused-ring (bicyclic) bond motifs is 1. The Morgan fingerprint density at radius 3 is 2.82 bits per heavy atom. The number of esters is 1. The molecule has 0 saturated carbocycles. The largest absolute Gasteiger partial charge is 0.462 e. The fraction of sp³-hybridized carbons (Fsp3) is 0.167. The first-order valence-corrected chi connectivity index (χ1v) is 12.0. The number of ether oxygens (including phenoxy) is 1. The van der Waals surface area contributed by atoms with E-state index in [1.54, 1.807) is 26.0 Å². The van der Waals surface area contributed by atoms with Gasteiger partial charge in [0.2, 0.25) is 0 Å². The van der Waals surface area contributed by atoms with E-state index in [4.69, 9.17) is 9.15 Å². The van der Waals surface area contributed by atoms with Crippen molar-refractivity contribution in [3.8, 4) is 6.07 Å². The molecule has 4 rings (SSSR count). The van der Waals surface area contributed by atoms with Crippen LogP contribution < -0.4 is 5.32 Å². The average molecular weight is 493 g/mol. The number of hydrogen-bond donors (Lipinski definition) is 2. The summed E-state index contributed by atoms with van der Waals surface area (Å²) in [6.45, 7) is 5.57. The van der Waals surface area contributed by atoms with Crippen LogP contribution in [0.25, 0.3) is 17.1 Å². The van der Waals surface area contributed by atoms with Crippen molar-refractivity contribution in [2.24, 2.45) is 0 Å². The number of nitrogens with zero attached hydrogens (tertiary/aromatic N) is 2. The number of thiophene rings is 1. The summed E-state index contributed by atoms with van der Waals surface area (Å²) in [5.41, 5.74) is 2.65. The van der Waals surface area contributed by atoms with Crippen molar-refractivity contribution in [3.05, 3.63) is 63.7 Å². The molecule has 4 aromatic rings. The van der Waals surface area contributed by atoms with Crippen molar-refractivity contribution in [3.63, 3.8) is 0 Å². The van der Waals surface area contributed by atoms with E-state index in [9.17, 15) is 14.9 Å². The van der Waals surface area contributed by atoms with Gasteiger partial charge in [0.15, 0.2) is 10.2 Å². The summed E-state index contributed by atoms with van der Waals surface area (Å²) in [4.78, 5) is 33.7. The Balaban J connectivity index is 1.51. The van der Waals surface area contributed by atoms with Gasteiger partial charge in [-0.2, -0.15) is 5.26 Å². The van der Waals surface area contributed by atoms with Gasteiger partial charge >= 0.3 is 5.97 Å². The molecule has 0 aliphatic heterocycles. The van der Waals surface area contributed by atoms with E-state index >= 15 is 0 Å². The van der Waals surface area contributed by atoms with Crippen LogP contribution in [0.4, 0.5) is 5.00 Å². The molecule has 0 saturated heterocycles. The molecule has 0 bridgehead atoms. The first-order chi connectivity index (χ1) is 16.4. The van der Waals surface area contributed by atoms with E-state index in [1.807, 2.05) is 37.3 Å². The topological polar surface area (TPSA) is 121 Å². The molecule has 3 heterocycles. The number of nitrogens with one attached hydrogen (secondary N) is 2. The number of para-hydroxylation sites is 2. The summed E-state index contributed by atoms with van der Waals surface area (Å²) >= 11 is 2.56. The molecule has 1 aromatic carbocycles. The fourth-order valence-electron chi connectivity index (χ4n) is 3.17. The van der Waals surface area contributed by atoms with Crippen LogP contribution in [0.3, 0.4) is 0 Å². The molecule has 0 aliphatic carbocycles. The van der Waals surface area contributed by atoms with Crippen molar-refractivity contribution in [1.29, 1.82) is 5.26 Å². The second-order valence-electron chi connectivity index (χ2n) is 7.15. The second kappa shape index (κ2) is 9.99. The predicted octanol–water partition coefficient (Wildman–Crippen LogP) is 5.71. The molecule has 2 N–H and O–H groups in total. The number of aromatic nitrogens is 2. The van der Waals surface area contributed by atoms with Gasteiger partial charge in [-0.3, -0.25) is 4.79 Å². The van der Waals surface area contributed by atoms with Gasteiger partial charge in [0.05, 0.1) is 23.2 Å². The number of anilines is 1. The van der Waals surface area contributed by atoms with Crippen molar-refractivity contribution < 1.29 is 18.7 Å². The minimum atomic E-state index is -0.641. The zero-order chi connectivity index (χ0) is 24.2. The van der Waals surface area contributed by atoms with Gasteiger partial charge in [0, 0.05) is 11.0 Å². The lowest BCUT2D eigenvalue weighted by atomic mass is 10.1. The van der Waals surface area contributed by atoms with Crippen LogP contribution in [0.1, 0.15) is 33.5 Å². The zero-order valence-corrected chi connectivity index (χ0v) is 20.2. The van der Waals surface area contributed by atoms with E-state index in [2.05, 4.69) is 15.3 Å². The molecule has 0 atom stereocenters. The van der Waals surface area contributed by atoms with Gasteiger partial charge in [0.1, 0.15) is 22.4 Å². The number of imidazole rings is 1. The summed E-state index contributed by atoms with van der Waals surface area (Å²) in [6, 6.07) is 13.0. The first-order valence-electron chi connectivity index (χ1n) is 10.3. The van der Waals surface area contributed by atoms with Gasteiger partial charge in [-0.25, -0.2) is 9.78 Å². The maximum absolute atomic E-state index is 12.8. The SMILES string of the molecule is CCOC(=O)c1c(NC(=O)/C(C#N)=C/c2ccc(Sc3nc4ccccc4[nH]3)o2)sc(C)c1C. The third-order valence-corrected chi connectivity index (χ3v) is 6.84. The van der Waals surface area contributed by atoms with E-state index in [0.29, 0.717) is 26.6 Å². The molecule has 0 spiro atoms. The van der Waals surface area contributed by atoms with Gasteiger partial charge in [-0.15, -0.1) is 11.3 Å². The maximum Gasteiger partial charge on any atom is 0.341 e. The predicted molar refractivity (Wildman–Crippen MR) is 131 cm³/mol. The normalized spacial score (nSPS) is 11.4. The van der Waals surface area contributed by atoms with Gasteiger partial charge in [0.25, 0.3) is 5.91 Å². The van der Waals surface area contributed by atoms with Gasteiger partial charge in [-0.05, 0) is 62.4 Å². The number of benzene rings is 1. The molecule has 34 heavy (non-hydrogen) atoms. The Morgan fingerprint density at radius 2 is 2.09 bits per heavy atom. The van der Waals surface area contributed by atoms with Crippen LogP contribution in [0, 0.1) is 25.2 Å². The number of carbonyl (C=O) groups is 2. The minimum Gasteiger partial charge on any atom is -0.462 e. The third-order valence-electron chi connectivity index (χ3n) is 4.91. The highest BCUT2D eigenvalue weighted by molar-refractivity contribution is 7.99. The summed E-state index contributed by atoms with van der Waals surface area (Å²) < 4.78 is 10.9. The molecule has 0 radical (unpaired) electrons. The molecule has 172 valence electrons. The van der Waals surface area contributed by atoms with Crippen LogP contribution in [0.15, 0.2) is 56.6 Å². The zero-order valence-electron chi connectivity index (χ0n) is 18.6. The fourth-order valence-corrected chi connectivity index (χ4v) is 4.98. The highest BCUT2D eigenvalue weighted by Gasteiger charge is 2.23. The number of nitriles is 1. The van der Waals surface area contributed by atoms with Crippen LogP contribution in [0.5, 0.6) is 0 Å². The third kappa shape index (κ3) is 4.90. The van der Waals surface area contributed by atoms with Crippen LogP contribution >= 0.6 is 23.1 Å². The lowest BCUT2D eigenvalue weighted by Gasteiger charge is -2.06. The molecule has 10 heteroatoms. The Bertz CT molecular complexity index is 1420. The van der Waals surface area contributed by atoms with Crippen molar-refractivity contribution >= 4 is 57.1 Å². The highest BCUT2D eigenvalue weighted by Crippen LogP contribution is 2.34. The van der Waals surface area contributed by atoms with Crippen LogP contribution in [0.2, 0.25) is 0 Å². The van der Waals surface area contributed by atoms with Gasteiger partial charge < -0.3 is 19.5 Å². The van der Waals surface area contributed by atoms with Crippen LogP contribution in [-0.2, 0) is 9.53 Å². The van der Waals surface area contributed by atoms with Crippen LogP contribution in [-0.4, -0.2) is 28.5 Å². The standard InChI is InChI=1S/C24H20N4O4S2/c1-4-31-23(30)20-13(2)14(3)33-22(20)28-21(29)15(12-25)11-16-9-10-19(32-16)34-24-26-17-7-5-6-8-18(17)27-24/h5-11H,4H2,1-3H3,(H,26,27)(H,28,29)/b15-11+. The van der Waals surface area contributed by atoms with Crippen molar-refractivity contribution in [1.82, 2.24) is 9.97 Å². The second-order valence-corrected chi connectivity index (χ2v) is 9.37. The van der Waals surface area contributed by atoms with Crippen molar-refractivity contribution in [2.75, 3.05) is 11.9 Å². The number of amides is 1. The summed E-state index contributed by atoms with van der Waals surface area (Å²) in [7, 11) is 0. The summed E-state index contributed by atoms with van der Waals surface area (Å²) in [5, 5.41) is 13.8. The number of aryl methyl sites for hydroxylation is 1. The monoisotopic (exact) mass is 492 g/mol. The molecule has 0 aliphatic rings. The Morgan fingerprint density at radius 1 is 1.29 bits per heavy atom. The molecular weight excluding hydrogens is 472 g/mol. The Hall–Kier alpha value is -3.81. The van der Waals surface area contributed by atoms with E-state index in [0.717, 1.165) is 21.5 Å². The van der Waals surface area contributed by atoms with E-state index < -0.39 is 11.9 Å². The molecular formula is C24H20N4O4S2. The van der Waals surface area contributed by atoms with E-state index in [1.165, 1.54) is 29.2 Å². The van der Waals surface area contributed by atoms with Gasteiger partial charge in [-0.1, -0.05) is 12.1 Å². The molecule has 1 amide bonds. The number of aromatic amines is 1. The number of H-pyrrole nitrogens is 1. The number of hydrogen-bond acceptors (Lipinski definition) is 8. The summed E-state index contributed by atoms with van der Waals surface area (Å²) in [6.07, 6.45) is 1.36. The number of rotatable bonds is 7. The highest BCUT2D eigenvalue weighted by atomic mass is 32.2. The first kappa shape index (κ1) is 23.4. The summed E-state index contributed by atoms with van der Waals surface area (Å²) in [5.74, 6) is -0.813. The lowest BCUT2D eigenvalue weighted by molar-refractivity contribution is -0.112. The lowest BCUT2D eigenvalue weighted by Crippen LogP contribution is -2.16. The quantitative estimate of drug-likeness (QED) is 0.193. The Kier molecular flexibility index (Phi) is 6.86. The number of carbonyl (C=O) groups excluding carboxylic acids is 2. The Labute approximate surface area is 203 Å². The number of furan rings is 1. The van der Waals surface area contributed by atoms with E-state index in [-0.39, 0.29) is 12.2 Å². The molecule has 3 aromatic heterocycles. The average Bonchev–Trinajstić information content (AvgIpc) is 3.49. The molecule has 0 unspecified atom stereocenters. The smallest absolute Gasteiger partial charge is 0.341 e. The maximum atomic E-state index is 12.8. The minimum absolute atomic E-state index is 0.159.